The highest BCUT2D eigenvalue weighted by molar-refractivity contribution is 6.31. The number of benzene rings is 2. The first-order valence-corrected chi connectivity index (χ1v) is 14.8. The van der Waals surface area contributed by atoms with E-state index in [1.54, 1.807) is 6.07 Å². The zero-order valence-corrected chi connectivity index (χ0v) is 24.8. The standard InChI is InChI=1S/C31H41ClN4O5/c1-31(2,41-30(33)39)14-6-3-7-15-34-29(38)25-20-23(32)10-11-24(25)22-12-16-35(17-13-22)18-19-36-26-8-4-5-9-27(26)40-21-28(36)37/h4-5,8-11,20,22H,3,6-7,12-19,21H2,1-2H3,(H2,33,39)(H,34,38). The van der Waals surface area contributed by atoms with E-state index in [2.05, 4.69) is 10.2 Å². The summed E-state index contributed by atoms with van der Waals surface area (Å²) in [6.45, 7) is 7.51. The minimum absolute atomic E-state index is 0.0173. The summed E-state index contributed by atoms with van der Waals surface area (Å²) >= 11 is 6.29. The van der Waals surface area contributed by atoms with Crippen LogP contribution in [0.15, 0.2) is 42.5 Å². The smallest absolute Gasteiger partial charge is 0.405 e. The second kappa shape index (κ2) is 14.0. The van der Waals surface area contributed by atoms with Gasteiger partial charge in [0.1, 0.15) is 11.4 Å². The number of anilines is 1. The summed E-state index contributed by atoms with van der Waals surface area (Å²) in [5.74, 6) is 0.892. The maximum atomic E-state index is 13.1. The molecule has 0 aromatic heterocycles. The zero-order chi connectivity index (χ0) is 29.4. The van der Waals surface area contributed by atoms with E-state index >= 15 is 0 Å². The van der Waals surface area contributed by atoms with E-state index < -0.39 is 11.7 Å². The number of fused-ring (bicyclic) bond motifs is 1. The average Bonchev–Trinajstić information content (AvgIpc) is 2.94. The lowest BCUT2D eigenvalue weighted by Gasteiger charge is -2.35. The number of nitrogens with one attached hydrogen (secondary N) is 1. The fourth-order valence-electron chi connectivity index (χ4n) is 5.66. The van der Waals surface area contributed by atoms with Crippen LogP contribution < -0.4 is 20.7 Å². The molecule has 10 heteroatoms. The van der Waals surface area contributed by atoms with Crippen LogP contribution in [0.1, 0.15) is 74.2 Å². The molecule has 1 fully saturated rings. The second-order valence-corrected chi connectivity index (χ2v) is 11.8. The molecule has 2 aromatic carbocycles. The molecule has 2 aliphatic rings. The van der Waals surface area contributed by atoms with Crippen molar-refractivity contribution in [1.29, 1.82) is 0 Å². The fourth-order valence-corrected chi connectivity index (χ4v) is 5.83. The Morgan fingerprint density at radius 3 is 2.61 bits per heavy atom. The van der Waals surface area contributed by atoms with Crippen molar-refractivity contribution < 1.29 is 23.9 Å². The van der Waals surface area contributed by atoms with Crippen LogP contribution in [0.25, 0.3) is 0 Å². The Labute approximate surface area is 247 Å². The Morgan fingerprint density at radius 2 is 1.85 bits per heavy atom. The number of para-hydroxylation sites is 2. The monoisotopic (exact) mass is 584 g/mol. The van der Waals surface area contributed by atoms with Gasteiger partial charge in [-0.1, -0.05) is 36.2 Å². The highest BCUT2D eigenvalue weighted by Crippen LogP contribution is 2.33. The predicted molar refractivity (Wildman–Crippen MR) is 160 cm³/mol. The predicted octanol–water partition coefficient (Wildman–Crippen LogP) is 5.11. The third kappa shape index (κ3) is 8.60. The summed E-state index contributed by atoms with van der Waals surface area (Å²) in [6.07, 6.45) is 4.38. The van der Waals surface area contributed by atoms with E-state index in [-0.39, 0.29) is 24.3 Å². The molecular formula is C31H41ClN4O5. The summed E-state index contributed by atoms with van der Waals surface area (Å²) in [6, 6.07) is 13.3. The molecular weight excluding hydrogens is 544 g/mol. The molecule has 0 aliphatic carbocycles. The number of rotatable bonds is 12. The van der Waals surface area contributed by atoms with E-state index in [0.717, 1.165) is 68.7 Å². The quantitative estimate of drug-likeness (QED) is 0.335. The van der Waals surface area contributed by atoms with Crippen LogP contribution in [0.5, 0.6) is 5.75 Å². The highest BCUT2D eigenvalue weighted by atomic mass is 35.5. The minimum Gasteiger partial charge on any atom is -0.482 e. The molecule has 2 aromatic rings. The number of carbonyl (C=O) groups is 3. The van der Waals surface area contributed by atoms with Crippen LogP contribution in [0.2, 0.25) is 5.02 Å². The Kier molecular flexibility index (Phi) is 10.5. The summed E-state index contributed by atoms with van der Waals surface area (Å²) in [7, 11) is 0. The molecule has 0 atom stereocenters. The number of nitrogens with two attached hydrogens (primary N) is 1. The number of likely N-dealkylation sites (tertiary alicyclic amines) is 1. The van der Waals surface area contributed by atoms with Gasteiger partial charge in [0.2, 0.25) is 0 Å². The van der Waals surface area contributed by atoms with Gasteiger partial charge in [-0.2, -0.15) is 0 Å². The van der Waals surface area contributed by atoms with Crippen molar-refractivity contribution >= 4 is 35.2 Å². The highest BCUT2D eigenvalue weighted by Gasteiger charge is 2.28. The van der Waals surface area contributed by atoms with Gasteiger partial charge in [0.25, 0.3) is 11.8 Å². The number of ether oxygens (including phenoxy) is 2. The Morgan fingerprint density at radius 1 is 1.10 bits per heavy atom. The molecule has 4 rings (SSSR count). The average molecular weight is 585 g/mol. The van der Waals surface area contributed by atoms with E-state index in [1.165, 1.54) is 0 Å². The molecule has 0 radical (unpaired) electrons. The van der Waals surface area contributed by atoms with E-state index in [0.29, 0.717) is 30.1 Å². The van der Waals surface area contributed by atoms with E-state index in [1.807, 2.05) is 55.1 Å². The van der Waals surface area contributed by atoms with Crippen LogP contribution in [-0.2, 0) is 9.53 Å². The summed E-state index contributed by atoms with van der Waals surface area (Å²) in [5, 5.41) is 3.60. The largest absolute Gasteiger partial charge is 0.482 e. The molecule has 41 heavy (non-hydrogen) atoms. The number of amides is 3. The zero-order valence-electron chi connectivity index (χ0n) is 24.0. The first-order chi connectivity index (χ1) is 19.6. The maximum Gasteiger partial charge on any atom is 0.405 e. The molecule has 2 heterocycles. The lowest BCUT2D eigenvalue weighted by Crippen LogP contribution is -2.45. The maximum absolute atomic E-state index is 13.1. The normalized spacial score (nSPS) is 16.2. The number of halogens is 1. The Hall–Kier alpha value is -3.30. The first-order valence-electron chi connectivity index (χ1n) is 14.4. The lowest BCUT2D eigenvalue weighted by atomic mass is 9.86. The molecule has 0 bridgehead atoms. The van der Waals surface area contributed by atoms with Crippen LogP contribution >= 0.6 is 11.6 Å². The van der Waals surface area contributed by atoms with Gasteiger partial charge in [0.05, 0.1) is 5.69 Å². The molecule has 3 amide bonds. The molecule has 2 aliphatic heterocycles. The fraction of sp³-hybridized carbons (Fsp3) is 0.516. The van der Waals surface area contributed by atoms with Crippen LogP contribution in [-0.4, -0.2) is 67.7 Å². The van der Waals surface area contributed by atoms with Gasteiger partial charge in [0.15, 0.2) is 6.61 Å². The topological polar surface area (TPSA) is 114 Å². The van der Waals surface area contributed by atoms with Crippen molar-refractivity contribution in [1.82, 2.24) is 10.2 Å². The van der Waals surface area contributed by atoms with E-state index in [9.17, 15) is 14.4 Å². The number of primary amides is 1. The van der Waals surface area contributed by atoms with Crippen LogP contribution in [0.3, 0.4) is 0 Å². The van der Waals surface area contributed by atoms with Gasteiger partial charge in [-0.05, 0) is 94.8 Å². The van der Waals surface area contributed by atoms with Crippen molar-refractivity contribution in [3.8, 4) is 5.75 Å². The molecule has 0 saturated carbocycles. The van der Waals surface area contributed by atoms with Gasteiger partial charge in [-0.15, -0.1) is 0 Å². The molecule has 0 unspecified atom stereocenters. The molecule has 1 saturated heterocycles. The number of nitrogens with zero attached hydrogens (tertiary/aromatic N) is 2. The van der Waals surface area contributed by atoms with Crippen molar-refractivity contribution in [2.75, 3.05) is 44.2 Å². The minimum atomic E-state index is -0.763. The van der Waals surface area contributed by atoms with Gasteiger partial charge in [0, 0.05) is 30.2 Å². The third-order valence-electron chi connectivity index (χ3n) is 7.85. The van der Waals surface area contributed by atoms with Gasteiger partial charge < -0.3 is 30.3 Å². The van der Waals surface area contributed by atoms with Crippen LogP contribution in [0.4, 0.5) is 10.5 Å². The summed E-state index contributed by atoms with van der Waals surface area (Å²) in [4.78, 5) is 40.9. The van der Waals surface area contributed by atoms with Crippen molar-refractivity contribution in [2.24, 2.45) is 5.73 Å². The Balaban J connectivity index is 1.24. The van der Waals surface area contributed by atoms with Crippen molar-refractivity contribution in [3.05, 3.63) is 58.6 Å². The molecule has 9 nitrogen and oxygen atoms in total. The van der Waals surface area contributed by atoms with Crippen molar-refractivity contribution in [2.45, 2.75) is 63.9 Å². The lowest BCUT2D eigenvalue weighted by molar-refractivity contribution is -0.121. The van der Waals surface area contributed by atoms with Crippen molar-refractivity contribution in [3.63, 3.8) is 0 Å². The summed E-state index contributed by atoms with van der Waals surface area (Å²) < 4.78 is 10.7. The van der Waals surface area contributed by atoms with Gasteiger partial charge >= 0.3 is 6.09 Å². The SMILES string of the molecule is CC(C)(CCCCCNC(=O)c1cc(Cl)ccc1C1CCN(CCN2C(=O)COc3ccccc32)CC1)OC(N)=O. The van der Waals surface area contributed by atoms with Gasteiger partial charge in [-0.3, -0.25) is 9.59 Å². The van der Waals surface area contributed by atoms with Crippen LogP contribution in [0, 0.1) is 0 Å². The number of piperidine rings is 1. The molecule has 0 spiro atoms. The Bertz CT molecular complexity index is 1230. The molecule has 222 valence electrons. The van der Waals surface area contributed by atoms with Gasteiger partial charge in [-0.25, -0.2) is 4.79 Å². The number of hydrogen-bond acceptors (Lipinski definition) is 6. The first kappa shape index (κ1) is 30.7. The number of carbonyl (C=O) groups excluding carboxylic acids is 3. The number of unbranched alkanes of at least 4 members (excludes halogenated alkanes) is 2. The number of hydrogen-bond donors (Lipinski definition) is 2. The summed E-state index contributed by atoms with van der Waals surface area (Å²) in [5.41, 5.74) is 7.04. The molecule has 3 N–H and O–H groups in total. The second-order valence-electron chi connectivity index (χ2n) is 11.4. The third-order valence-corrected chi connectivity index (χ3v) is 8.09. The van der Waals surface area contributed by atoms with E-state index in [4.69, 9.17) is 26.8 Å².